The van der Waals surface area contributed by atoms with Gasteiger partial charge in [0.1, 0.15) is 0 Å². The number of rotatable bonds is 6. The van der Waals surface area contributed by atoms with Gasteiger partial charge in [0.15, 0.2) is 0 Å². The van der Waals surface area contributed by atoms with Crippen molar-refractivity contribution in [3.05, 3.63) is 291 Å². The summed E-state index contributed by atoms with van der Waals surface area (Å²) in [7, 11) is 0. The zero-order valence-corrected chi connectivity index (χ0v) is 39.3. The van der Waals surface area contributed by atoms with Crippen LogP contribution >= 0.6 is 0 Å². The lowest BCUT2D eigenvalue weighted by Crippen LogP contribution is -1.91. The Labute approximate surface area is 427 Å². The van der Waals surface area contributed by atoms with Crippen LogP contribution in [0, 0.1) is 0 Å². The van der Waals surface area contributed by atoms with Crippen molar-refractivity contribution in [2.45, 2.75) is 0 Å². The van der Waals surface area contributed by atoms with E-state index in [9.17, 15) is 0 Å². The van der Waals surface area contributed by atoms with E-state index in [1.807, 2.05) is 36.4 Å². The molecule has 0 atom stereocenters. The van der Waals surface area contributed by atoms with Crippen LogP contribution in [0.2, 0.25) is 0 Å². The summed E-state index contributed by atoms with van der Waals surface area (Å²) in [6.45, 7) is 0. The van der Waals surface area contributed by atoms with Crippen molar-refractivity contribution in [1.82, 2.24) is 0 Å². The van der Waals surface area contributed by atoms with Crippen molar-refractivity contribution in [3.63, 3.8) is 0 Å². The molecule has 0 fully saturated rings. The Hall–Kier alpha value is -9.36. The summed E-state index contributed by atoms with van der Waals surface area (Å²) >= 11 is 0. The second-order valence-corrected chi connectivity index (χ2v) is 18.3. The molecule has 0 nitrogen and oxygen atoms in total. The summed E-state index contributed by atoms with van der Waals surface area (Å²) in [5.41, 5.74) is 12.9. The van der Waals surface area contributed by atoms with Gasteiger partial charge in [-0.05, 0) is 144 Å². The maximum Gasteiger partial charge on any atom is 0.0629 e. The summed E-state index contributed by atoms with van der Waals surface area (Å²) in [5, 5.41) is 13.7. The molecule has 0 aliphatic heterocycles. The van der Waals surface area contributed by atoms with Crippen LogP contribution in [0.4, 0.5) is 0 Å². The molecule has 0 aliphatic carbocycles. The molecule has 0 saturated carbocycles. The third-order valence-electron chi connectivity index (χ3n) is 14.2. The van der Waals surface area contributed by atoms with Crippen molar-refractivity contribution in [2.75, 3.05) is 0 Å². The minimum absolute atomic E-state index is 0.196. The molecule has 0 N–H and O–H groups in total. The Bertz CT molecular complexity index is 4470. The fraction of sp³-hybridized carbons (Fsp3) is 0. The molecule has 14 aromatic rings. The van der Waals surface area contributed by atoms with Crippen LogP contribution in [0.15, 0.2) is 291 Å². The van der Waals surface area contributed by atoms with Crippen LogP contribution in [-0.4, -0.2) is 0 Å². The molecule has 0 amide bonds. The summed E-state index contributed by atoms with van der Waals surface area (Å²) in [4.78, 5) is 0. The molecule has 0 aromatic heterocycles. The Balaban J connectivity index is 0.000000148. The fourth-order valence-electron chi connectivity index (χ4n) is 11.0. The van der Waals surface area contributed by atoms with Gasteiger partial charge in [0.05, 0.1) is 6.85 Å². The maximum atomic E-state index is 8.73. The second-order valence-electron chi connectivity index (χ2n) is 18.3. The Kier molecular flexibility index (Phi) is 9.65. The van der Waals surface area contributed by atoms with Gasteiger partial charge in [0.25, 0.3) is 0 Å². The third-order valence-corrected chi connectivity index (χ3v) is 14.2. The SMILES string of the molecule is [2H]c1c([2H])c([2H])c(-c2c3ccccc3c(-c3ccc(-c4cccc5ccccc45)cc3)c3ccccc23)c([2H])c1[2H].c1ccc(-c2c3ccccc3c(-c3cccc(-c4ccc5ccccc5c4)c3)c3ccccc23)cc1. The standard InChI is InChI=1S/2C36H24/c1-2-12-27(13-3-1)35-31-16-6-8-18-33(31)36(34-19-9-7-17-32(34)35)28-23-21-26(22-24-28)30-20-10-14-25-11-4-5-15-29(25)30;1-2-12-26(13-3-1)35-31-17-6-8-19-33(31)36(34-20-9-7-18-32(34)35)30-16-10-15-28(24-30)29-22-21-25-11-4-5-14-27(25)23-29/h2*1-24H/i1D,2D,3D,12D,13D;. The molecular formula is C72H48. The highest BCUT2D eigenvalue weighted by Crippen LogP contribution is 2.46. The van der Waals surface area contributed by atoms with E-state index in [4.69, 9.17) is 6.85 Å². The number of benzene rings is 14. The summed E-state index contributed by atoms with van der Waals surface area (Å²) in [6, 6.07) is 90.6. The zero-order chi connectivity index (χ0) is 52.1. The average Bonchev–Trinajstić information content (AvgIpc) is 3.49. The van der Waals surface area contributed by atoms with Crippen molar-refractivity contribution < 1.29 is 6.85 Å². The molecule has 0 heterocycles. The van der Waals surface area contributed by atoms with Crippen LogP contribution in [0.5, 0.6) is 0 Å². The highest BCUT2D eigenvalue weighted by atomic mass is 14.2. The van der Waals surface area contributed by atoms with Crippen LogP contribution in [0.25, 0.3) is 131 Å². The van der Waals surface area contributed by atoms with E-state index >= 15 is 0 Å². The van der Waals surface area contributed by atoms with Crippen LogP contribution in [0.3, 0.4) is 0 Å². The minimum atomic E-state index is -0.389. The lowest BCUT2D eigenvalue weighted by atomic mass is 9.85. The van der Waals surface area contributed by atoms with Crippen molar-refractivity contribution in [3.8, 4) is 66.8 Å². The minimum Gasteiger partial charge on any atom is -0.0622 e. The molecule has 0 bridgehead atoms. The topological polar surface area (TPSA) is 0 Å². The van der Waals surface area contributed by atoms with Gasteiger partial charge in [-0.15, -0.1) is 0 Å². The van der Waals surface area contributed by atoms with E-state index in [1.54, 1.807) is 0 Å². The quantitative estimate of drug-likeness (QED) is 0.146. The molecule has 72 heavy (non-hydrogen) atoms. The smallest absolute Gasteiger partial charge is 0.0622 e. The van der Waals surface area contributed by atoms with Crippen molar-refractivity contribution >= 4 is 64.6 Å². The molecule has 0 aliphatic rings. The fourth-order valence-corrected chi connectivity index (χ4v) is 11.0. The molecule has 14 aromatic carbocycles. The van der Waals surface area contributed by atoms with Gasteiger partial charge in [-0.3, -0.25) is 0 Å². The average molecular weight is 918 g/mol. The van der Waals surface area contributed by atoms with Gasteiger partial charge in [0, 0.05) is 0 Å². The van der Waals surface area contributed by atoms with Gasteiger partial charge in [-0.2, -0.15) is 0 Å². The lowest BCUT2D eigenvalue weighted by Gasteiger charge is -2.18. The monoisotopic (exact) mass is 917 g/mol. The number of hydrogen-bond donors (Lipinski definition) is 0. The van der Waals surface area contributed by atoms with Gasteiger partial charge < -0.3 is 0 Å². The van der Waals surface area contributed by atoms with E-state index in [-0.39, 0.29) is 35.8 Å². The Morgan fingerprint density at radius 1 is 0.194 bits per heavy atom. The van der Waals surface area contributed by atoms with Crippen LogP contribution < -0.4 is 0 Å². The third kappa shape index (κ3) is 7.68. The normalized spacial score (nSPS) is 12.3. The van der Waals surface area contributed by atoms with Crippen molar-refractivity contribution in [1.29, 1.82) is 0 Å². The number of fused-ring (bicyclic) bond motifs is 6. The molecule has 0 spiro atoms. The van der Waals surface area contributed by atoms with Crippen molar-refractivity contribution in [2.24, 2.45) is 0 Å². The Morgan fingerprint density at radius 3 is 1.12 bits per heavy atom. The predicted molar refractivity (Wildman–Crippen MR) is 311 cm³/mol. The first kappa shape index (κ1) is 37.5. The summed E-state index contributed by atoms with van der Waals surface area (Å²) in [5.74, 6) is 0. The largest absolute Gasteiger partial charge is 0.0629 e. The highest BCUT2D eigenvalue weighted by Gasteiger charge is 2.18. The summed E-state index contributed by atoms with van der Waals surface area (Å²) in [6.07, 6.45) is 0. The molecule has 336 valence electrons. The van der Waals surface area contributed by atoms with E-state index in [1.165, 1.54) is 82.0 Å². The van der Waals surface area contributed by atoms with Gasteiger partial charge in [0.2, 0.25) is 0 Å². The molecule has 14 rings (SSSR count). The first-order chi connectivity index (χ1) is 37.8. The van der Waals surface area contributed by atoms with Crippen LogP contribution in [-0.2, 0) is 0 Å². The van der Waals surface area contributed by atoms with E-state index in [2.05, 4.69) is 224 Å². The first-order valence-electron chi connectivity index (χ1n) is 27.0. The predicted octanol–water partition coefficient (Wildman–Crippen LogP) is 20.3. The van der Waals surface area contributed by atoms with E-state index in [0.29, 0.717) is 5.56 Å². The lowest BCUT2D eigenvalue weighted by molar-refractivity contribution is 1.62. The zero-order valence-electron chi connectivity index (χ0n) is 44.3. The molecular weight excluding hydrogens is 865 g/mol. The van der Waals surface area contributed by atoms with E-state index < -0.39 is 0 Å². The molecule has 0 radical (unpaired) electrons. The van der Waals surface area contributed by atoms with E-state index in [0.717, 1.165) is 38.2 Å². The van der Waals surface area contributed by atoms with Gasteiger partial charge in [-0.25, -0.2) is 0 Å². The van der Waals surface area contributed by atoms with Crippen LogP contribution in [0.1, 0.15) is 6.85 Å². The van der Waals surface area contributed by atoms with Gasteiger partial charge in [-0.1, -0.05) is 279 Å². The highest BCUT2D eigenvalue weighted by molar-refractivity contribution is 6.23. The first-order valence-corrected chi connectivity index (χ1v) is 24.5. The second kappa shape index (κ2) is 18.5. The van der Waals surface area contributed by atoms with Gasteiger partial charge >= 0.3 is 0 Å². The molecule has 0 unspecified atom stereocenters. The maximum absolute atomic E-state index is 8.73. The number of hydrogen-bond acceptors (Lipinski definition) is 0. The summed E-state index contributed by atoms with van der Waals surface area (Å²) < 4.78 is 42.2. The molecule has 0 saturated heterocycles. The Morgan fingerprint density at radius 2 is 0.556 bits per heavy atom. The molecule has 0 heteroatoms.